The Morgan fingerprint density at radius 2 is 1.86 bits per heavy atom. The van der Waals surface area contributed by atoms with Crippen LogP contribution in [0.1, 0.15) is 40.5 Å². The van der Waals surface area contributed by atoms with Gasteiger partial charge in [-0.1, -0.05) is 40.2 Å². The van der Waals surface area contributed by atoms with Crippen LogP contribution in [0.4, 0.5) is 0 Å². The molecule has 84 valence electrons. The van der Waals surface area contributed by atoms with E-state index < -0.39 is 8.32 Å². The van der Waals surface area contributed by atoms with Gasteiger partial charge < -0.3 is 4.43 Å². The number of rotatable bonds is 5. The van der Waals surface area contributed by atoms with Crippen LogP contribution in [0.15, 0.2) is 12.7 Å². The molecule has 0 radical (unpaired) electrons. The van der Waals surface area contributed by atoms with Gasteiger partial charge in [0.1, 0.15) is 0 Å². The molecule has 1 nitrogen and oxygen atoms in total. The second-order valence-electron chi connectivity index (χ2n) is 5.44. The van der Waals surface area contributed by atoms with Crippen LogP contribution in [0, 0.1) is 0 Å². The fraction of sp³-hybridized carbons (Fsp3) is 0.833. The van der Waals surface area contributed by atoms with Crippen molar-refractivity contribution in [3.63, 3.8) is 0 Å². The van der Waals surface area contributed by atoms with Crippen LogP contribution < -0.4 is 0 Å². The van der Waals surface area contributed by atoms with E-state index in [-0.39, 0.29) is 6.10 Å². The molecule has 1 atom stereocenters. The molecule has 0 aliphatic rings. The molecule has 0 aliphatic heterocycles. The Bertz CT molecular complexity index is 179. The molecule has 0 saturated carbocycles. The molecule has 0 spiro atoms. The molecule has 0 aromatic carbocycles. The molecule has 0 bridgehead atoms. The van der Waals surface area contributed by atoms with Crippen molar-refractivity contribution in [1.82, 2.24) is 0 Å². The number of hydrogen-bond acceptors (Lipinski definition) is 1. The van der Waals surface area contributed by atoms with E-state index in [9.17, 15) is 0 Å². The maximum Gasteiger partial charge on any atom is 0.192 e. The first-order valence-corrected chi connectivity index (χ1v) is 8.46. The molecule has 0 aromatic heterocycles. The molecular formula is C12H26OSi. The van der Waals surface area contributed by atoms with Crippen molar-refractivity contribution in [2.24, 2.45) is 0 Å². The summed E-state index contributed by atoms with van der Waals surface area (Å²) >= 11 is 0. The van der Waals surface area contributed by atoms with E-state index in [1.54, 1.807) is 0 Å². The van der Waals surface area contributed by atoms with Crippen LogP contribution in [0.25, 0.3) is 0 Å². The van der Waals surface area contributed by atoms with Crippen LogP contribution in [-0.4, -0.2) is 14.4 Å². The van der Waals surface area contributed by atoms with Crippen molar-refractivity contribution in [2.45, 2.75) is 64.8 Å². The largest absolute Gasteiger partial charge is 0.411 e. The van der Waals surface area contributed by atoms with Crippen molar-refractivity contribution < 1.29 is 4.43 Å². The maximum absolute atomic E-state index is 6.21. The van der Waals surface area contributed by atoms with Crippen molar-refractivity contribution >= 4 is 8.32 Å². The molecule has 0 saturated heterocycles. The zero-order valence-electron chi connectivity index (χ0n) is 10.7. The van der Waals surface area contributed by atoms with Gasteiger partial charge in [-0.25, -0.2) is 0 Å². The molecule has 0 aromatic rings. The van der Waals surface area contributed by atoms with E-state index in [2.05, 4.69) is 47.4 Å². The molecule has 0 heterocycles. The molecule has 0 N–H and O–H groups in total. The highest BCUT2D eigenvalue weighted by molar-refractivity contribution is 6.74. The molecular weight excluding hydrogens is 188 g/mol. The Morgan fingerprint density at radius 1 is 1.36 bits per heavy atom. The molecule has 14 heavy (non-hydrogen) atoms. The molecule has 2 heteroatoms. The average Bonchev–Trinajstić information content (AvgIpc) is 2.01. The van der Waals surface area contributed by atoms with Crippen molar-refractivity contribution in [3.8, 4) is 0 Å². The smallest absolute Gasteiger partial charge is 0.192 e. The molecule has 0 rings (SSSR count). The van der Waals surface area contributed by atoms with Gasteiger partial charge in [0, 0.05) is 0 Å². The summed E-state index contributed by atoms with van der Waals surface area (Å²) in [6.45, 7) is 17.4. The van der Waals surface area contributed by atoms with E-state index in [1.807, 2.05) is 6.08 Å². The minimum atomic E-state index is -1.60. The summed E-state index contributed by atoms with van der Waals surface area (Å²) in [5, 5.41) is 0.294. The van der Waals surface area contributed by atoms with Gasteiger partial charge >= 0.3 is 0 Å². The zero-order valence-corrected chi connectivity index (χ0v) is 11.7. The Balaban J connectivity index is 4.39. The first-order chi connectivity index (χ1) is 6.24. The lowest BCUT2D eigenvalue weighted by atomic mass is 10.2. The third-order valence-electron chi connectivity index (χ3n) is 3.09. The van der Waals surface area contributed by atoms with Gasteiger partial charge in [0.05, 0.1) is 6.10 Å². The fourth-order valence-electron chi connectivity index (χ4n) is 1.06. The van der Waals surface area contributed by atoms with E-state index in [1.165, 1.54) is 0 Å². The summed E-state index contributed by atoms with van der Waals surface area (Å²) < 4.78 is 6.21. The SMILES string of the molecule is C=C[C@@H](CCC)O[Si](C)(C)C(C)(C)C. The zero-order chi connectivity index (χ0) is 11.4. The van der Waals surface area contributed by atoms with Crippen molar-refractivity contribution in [3.05, 3.63) is 12.7 Å². The van der Waals surface area contributed by atoms with Gasteiger partial charge in [0.25, 0.3) is 0 Å². The van der Waals surface area contributed by atoms with E-state index in [0.29, 0.717) is 5.04 Å². The van der Waals surface area contributed by atoms with Gasteiger partial charge in [-0.2, -0.15) is 0 Å². The highest BCUT2D eigenvalue weighted by Gasteiger charge is 2.38. The first-order valence-electron chi connectivity index (χ1n) is 5.55. The second-order valence-corrected chi connectivity index (χ2v) is 10.2. The van der Waals surface area contributed by atoms with Gasteiger partial charge in [0.15, 0.2) is 8.32 Å². The summed E-state index contributed by atoms with van der Waals surface area (Å²) in [5.41, 5.74) is 0. The van der Waals surface area contributed by atoms with Crippen molar-refractivity contribution in [1.29, 1.82) is 0 Å². The monoisotopic (exact) mass is 214 g/mol. The summed E-state index contributed by atoms with van der Waals surface area (Å²) in [6, 6.07) is 0. The summed E-state index contributed by atoms with van der Waals surface area (Å²) in [5.74, 6) is 0. The van der Waals surface area contributed by atoms with E-state index >= 15 is 0 Å². The van der Waals surface area contributed by atoms with E-state index in [4.69, 9.17) is 4.43 Å². The molecule has 0 unspecified atom stereocenters. The number of hydrogen-bond donors (Lipinski definition) is 0. The van der Waals surface area contributed by atoms with Crippen LogP contribution >= 0.6 is 0 Å². The average molecular weight is 214 g/mol. The highest BCUT2D eigenvalue weighted by Crippen LogP contribution is 2.37. The van der Waals surface area contributed by atoms with Crippen molar-refractivity contribution in [2.75, 3.05) is 0 Å². The van der Waals surface area contributed by atoms with Gasteiger partial charge in [-0.05, 0) is 24.6 Å². The third-order valence-corrected chi connectivity index (χ3v) is 7.59. The lowest BCUT2D eigenvalue weighted by molar-refractivity contribution is 0.214. The predicted octanol–water partition coefficient (Wildman–Crippen LogP) is 4.36. The van der Waals surface area contributed by atoms with Crippen LogP contribution in [0.3, 0.4) is 0 Å². The quantitative estimate of drug-likeness (QED) is 0.488. The molecule has 0 amide bonds. The van der Waals surface area contributed by atoms with Gasteiger partial charge in [-0.15, -0.1) is 6.58 Å². The summed E-state index contributed by atoms with van der Waals surface area (Å²) in [4.78, 5) is 0. The summed E-state index contributed by atoms with van der Waals surface area (Å²) in [6.07, 6.45) is 4.45. The van der Waals surface area contributed by atoms with Crippen LogP contribution in [-0.2, 0) is 4.43 Å². The minimum Gasteiger partial charge on any atom is -0.411 e. The lowest BCUT2D eigenvalue weighted by Gasteiger charge is -2.38. The predicted molar refractivity (Wildman–Crippen MR) is 67.2 cm³/mol. The van der Waals surface area contributed by atoms with Gasteiger partial charge in [-0.3, -0.25) is 0 Å². The topological polar surface area (TPSA) is 9.23 Å². The molecule has 0 fully saturated rings. The lowest BCUT2D eigenvalue weighted by Crippen LogP contribution is -2.43. The summed E-state index contributed by atoms with van der Waals surface area (Å²) in [7, 11) is -1.60. The Labute approximate surface area is 90.7 Å². The normalized spacial score (nSPS) is 15.3. The van der Waals surface area contributed by atoms with Crippen LogP contribution in [0.5, 0.6) is 0 Å². The Hall–Kier alpha value is -0.0831. The fourth-order valence-corrected chi connectivity index (χ4v) is 2.39. The Morgan fingerprint density at radius 3 is 2.14 bits per heavy atom. The Kier molecular flexibility index (Phi) is 5.10. The molecule has 0 aliphatic carbocycles. The van der Waals surface area contributed by atoms with E-state index in [0.717, 1.165) is 12.8 Å². The maximum atomic E-state index is 6.21. The second kappa shape index (κ2) is 5.13. The standard InChI is InChI=1S/C12H26OSi/c1-8-10-11(9-2)13-14(6,7)12(3,4)5/h9,11H,2,8,10H2,1,3-7H3/t11-/m0/s1. The minimum absolute atomic E-state index is 0.251. The van der Waals surface area contributed by atoms with Crippen LogP contribution in [0.2, 0.25) is 18.1 Å². The van der Waals surface area contributed by atoms with Gasteiger partial charge in [0.2, 0.25) is 0 Å². The highest BCUT2D eigenvalue weighted by atomic mass is 28.4. The first kappa shape index (κ1) is 13.9. The third kappa shape index (κ3) is 3.97.